The van der Waals surface area contributed by atoms with Crippen molar-refractivity contribution in [3.05, 3.63) is 0 Å². The third-order valence-corrected chi connectivity index (χ3v) is 3.36. The molecule has 1 heterocycles. The molecule has 1 aliphatic heterocycles. The maximum Gasteiger partial charge on any atom is 0.233 e. The summed E-state index contributed by atoms with van der Waals surface area (Å²) in [5.41, 5.74) is 0. The normalized spacial score (nSPS) is 27.8. The fraction of sp³-hybridized carbons (Fsp3) is 1.00. The molecule has 0 aromatic rings. The lowest BCUT2D eigenvalue weighted by atomic mass is 9.92. The molecule has 0 spiro atoms. The first-order valence-corrected chi connectivity index (χ1v) is 6.29. The van der Waals surface area contributed by atoms with Gasteiger partial charge in [0.2, 0.25) is 6.29 Å². The molecule has 1 saturated carbocycles. The Bertz CT molecular complexity index is 171. The Morgan fingerprint density at radius 3 is 1.62 bits per heavy atom. The average Bonchev–Trinajstić information content (AvgIpc) is 2.37. The van der Waals surface area contributed by atoms with Crippen LogP contribution in [0.25, 0.3) is 0 Å². The van der Waals surface area contributed by atoms with Crippen molar-refractivity contribution in [1.29, 1.82) is 0 Å². The first-order chi connectivity index (χ1) is 7.97. The lowest BCUT2D eigenvalue weighted by Gasteiger charge is -2.26. The van der Waals surface area contributed by atoms with Crippen LogP contribution < -0.4 is 0 Å². The summed E-state index contributed by atoms with van der Waals surface area (Å²) in [7, 11) is 0. The highest BCUT2D eigenvalue weighted by molar-refractivity contribution is 4.65. The third-order valence-electron chi connectivity index (χ3n) is 3.36. The molecule has 0 unspecified atom stereocenters. The van der Waals surface area contributed by atoms with Crippen LogP contribution in [0.5, 0.6) is 0 Å². The van der Waals surface area contributed by atoms with Gasteiger partial charge in [-0.3, -0.25) is 0 Å². The van der Waals surface area contributed by atoms with Crippen LogP contribution in [0.15, 0.2) is 0 Å². The van der Waals surface area contributed by atoms with Crippen molar-refractivity contribution >= 4 is 0 Å². The topological polar surface area (TPSA) is 46.2 Å². The summed E-state index contributed by atoms with van der Waals surface area (Å²) in [6, 6.07) is 0. The standard InChI is InChI=1S/C11H20O5/c1-2-4-6-8-10(9-7-5-3-1)11-12-14-16-15-13-11/h10-11H,1-9H2. The van der Waals surface area contributed by atoms with Crippen LogP contribution in [-0.2, 0) is 24.9 Å². The van der Waals surface area contributed by atoms with E-state index in [9.17, 15) is 0 Å². The Morgan fingerprint density at radius 1 is 0.562 bits per heavy atom. The van der Waals surface area contributed by atoms with E-state index in [1.807, 2.05) is 0 Å². The highest BCUT2D eigenvalue weighted by Crippen LogP contribution is 2.27. The molecule has 94 valence electrons. The summed E-state index contributed by atoms with van der Waals surface area (Å²) < 4.78 is 0. The van der Waals surface area contributed by atoms with Gasteiger partial charge in [-0.2, -0.15) is 9.78 Å². The van der Waals surface area contributed by atoms with Gasteiger partial charge < -0.3 is 0 Å². The van der Waals surface area contributed by atoms with Crippen LogP contribution in [-0.4, -0.2) is 6.29 Å². The molecule has 0 amide bonds. The van der Waals surface area contributed by atoms with E-state index in [2.05, 4.69) is 15.1 Å². The van der Waals surface area contributed by atoms with Crippen molar-refractivity contribution in [3.63, 3.8) is 0 Å². The zero-order valence-electron chi connectivity index (χ0n) is 9.56. The van der Waals surface area contributed by atoms with Crippen molar-refractivity contribution in [1.82, 2.24) is 0 Å². The fourth-order valence-corrected chi connectivity index (χ4v) is 2.41. The highest BCUT2D eigenvalue weighted by atomic mass is 17.8. The molecule has 5 nitrogen and oxygen atoms in total. The van der Waals surface area contributed by atoms with E-state index in [1.54, 1.807) is 0 Å². The van der Waals surface area contributed by atoms with E-state index in [0.29, 0.717) is 5.92 Å². The van der Waals surface area contributed by atoms with E-state index < -0.39 is 6.29 Å². The van der Waals surface area contributed by atoms with Gasteiger partial charge in [0.25, 0.3) is 0 Å². The van der Waals surface area contributed by atoms with Gasteiger partial charge in [0.15, 0.2) is 0 Å². The maximum absolute atomic E-state index is 4.92. The molecule has 0 radical (unpaired) electrons. The molecule has 0 N–H and O–H groups in total. The van der Waals surface area contributed by atoms with E-state index in [1.165, 1.54) is 44.9 Å². The van der Waals surface area contributed by atoms with Crippen LogP contribution in [0.2, 0.25) is 0 Å². The van der Waals surface area contributed by atoms with Crippen molar-refractivity contribution in [2.45, 2.75) is 64.1 Å². The van der Waals surface area contributed by atoms with Crippen LogP contribution >= 0.6 is 0 Å². The summed E-state index contributed by atoms with van der Waals surface area (Å²) in [6.07, 6.45) is 10.8. The molecule has 1 aliphatic carbocycles. The predicted molar refractivity (Wildman–Crippen MR) is 54.3 cm³/mol. The molecule has 0 aromatic heterocycles. The summed E-state index contributed by atoms with van der Waals surface area (Å²) in [6.45, 7) is 0. The second-order valence-corrected chi connectivity index (χ2v) is 4.58. The Labute approximate surface area is 95.7 Å². The summed E-state index contributed by atoms with van der Waals surface area (Å²) >= 11 is 0. The second-order valence-electron chi connectivity index (χ2n) is 4.58. The van der Waals surface area contributed by atoms with Gasteiger partial charge in [-0.15, -0.1) is 0 Å². The smallest absolute Gasteiger partial charge is 0.168 e. The minimum atomic E-state index is -0.451. The van der Waals surface area contributed by atoms with Gasteiger partial charge >= 0.3 is 0 Å². The van der Waals surface area contributed by atoms with E-state index in [-0.39, 0.29) is 0 Å². The largest absolute Gasteiger partial charge is 0.233 e. The quantitative estimate of drug-likeness (QED) is 0.649. The van der Waals surface area contributed by atoms with Gasteiger partial charge in [0.05, 0.1) is 0 Å². The van der Waals surface area contributed by atoms with Gasteiger partial charge in [0, 0.05) is 5.92 Å². The zero-order chi connectivity index (χ0) is 11.1. The summed E-state index contributed by atoms with van der Waals surface area (Å²) in [5, 5.41) is 12.7. The fourth-order valence-electron chi connectivity index (χ4n) is 2.41. The molecular formula is C11H20O5. The monoisotopic (exact) mass is 232 g/mol. The van der Waals surface area contributed by atoms with Crippen molar-refractivity contribution in [2.24, 2.45) is 5.92 Å². The average molecular weight is 232 g/mol. The molecule has 2 fully saturated rings. The Balaban J connectivity index is 1.78. The van der Waals surface area contributed by atoms with Crippen molar-refractivity contribution < 1.29 is 24.9 Å². The Morgan fingerprint density at radius 2 is 1.06 bits per heavy atom. The van der Waals surface area contributed by atoms with Crippen LogP contribution in [0, 0.1) is 5.92 Å². The number of hydrogen-bond donors (Lipinski definition) is 0. The van der Waals surface area contributed by atoms with Gasteiger partial charge in [-0.1, -0.05) is 44.9 Å². The van der Waals surface area contributed by atoms with Crippen molar-refractivity contribution in [2.75, 3.05) is 0 Å². The maximum atomic E-state index is 4.92. The molecule has 0 atom stereocenters. The highest BCUT2D eigenvalue weighted by Gasteiger charge is 2.29. The molecule has 2 rings (SSSR count). The van der Waals surface area contributed by atoms with Gasteiger partial charge in [-0.05, 0) is 28.0 Å². The lowest BCUT2D eigenvalue weighted by Crippen LogP contribution is -2.31. The van der Waals surface area contributed by atoms with Gasteiger partial charge in [-0.25, -0.2) is 0 Å². The molecular weight excluding hydrogens is 212 g/mol. The Hall–Kier alpha value is -0.200. The number of rotatable bonds is 1. The van der Waals surface area contributed by atoms with Crippen LogP contribution in [0.4, 0.5) is 0 Å². The molecule has 0 aromatic carbocycles. The Kier molecular flexibility index (Phi) is 5.51. The first kappa shape index (κ1) is 12.3. The number of hydrogen-bond acceptors (Lipinski definition) is 5. The summed E-state index contributed by atoms with van der Waals surface area (Å²) in [5.74, 6) is 0.335. The second kappa shape index (κ2) is 7.19. The first-order valence-electron chi connectivity index (χ1n) is 6.29. The molecule has 1 saturated heterocycles. The molecule has 16 heavy (non-hydrogen) atoms. The lowest BCUT2D eigenvalue weighted by molar-refractivity contribution is -0.789. The van der Waals surface area contributed by atoms with Crippen molar-refractivity contribution in [3.8, 4) is 0 Å². The SMILES string of the molecule is C1CCCCC(C2OOOOO2)CCCC1. The molecule has 2 aliphatic rings. The molecule has 5 heteroatoms. The summed E-state index contributed by atoms with van der Waals surface area (Å²) in [4.78, 5) is 9.83. The van der Waals surface area contributed by atoms with E-state index >= 15 is 0 Å². The minimum Gasteiger partial charge on any atom is -0.168 e. The predicted octanol–water partition coefficient (Wildman–Crippen LogP) is 3.21. The third kappa shape index (κ3) is 3.99. The van der Waals surface area contributed by atoms with Crippen LogP contribution in [0.1, 0.15) is 57.8 Å². The zero-order valence-corrected chi connectivity index (χ0v) is 9.56. The molecule has 0 bridgehead atoms. The van der Waals surface area contributed by atoms with Gasteiger partial charge in [0.1, 0.15) is 0 Å². The van der Waals surface area contributed by atoms with E-state index in [0.717, 1.165) is 12.8 Å². The minimum absolute atomic E-state index is 0.335. The van der Waals surface area contributed by atoms with E-state index in [4.69, 9.17) is 9.78 Å². The van der Waals surface area contributed by atoms with Crippen LogP contribution in [0.3, 0.4) is 0 Å².